The van der Waals surface area contributed by atoms with Gasteiger partial charge in [0.25, 0.3) is 0 Å². The van der Waals surface area contributed by atoms with E-state index >= 15 is 0 Å². The van der Waals surface area contributed by atoms with Gasteiger partial charge in [0.15, 0.2) is 0 Å². The molecule has 1 N–H and O–H groups in total. The average Bonchev–Trinajstić information content (AvgIpc) is 2.90. The summed E-state index contributed by atoms with van der Waals surface area (Å²) < 4.78 is 51.9. The Hall–Kier alpha value is -1.59. The Kier molecular flexibility index (Phi) is 4.49. The van der Waals surface area contributed by atoms with Gasteiger partial charge >= 0.3 is 12.1 Å². The molecule has 1 aromatic rings. The first kappa shape index (κ1) is 16.8. The van der Waals surface area contributed by atoms with E-state index in [1.807, 2.05) is 0 Å². The van der Waals surface area contributed by atoms with E-state index in [0.717, 1.165) is 31.7 Å². The molecular weight excluding hydrogens is 300 g/mol. The number of benzene rings is 1. The van der Waals surface area contributed by atoms with Crippen LogP contribution in [0.4, 0.5) is 17.6 Å². The van der Waals surface area contributed by atoms with Crippen LogP contribution in [0, 0.1) is 11.7 Å². The van der Waals surface area contributed by atoms with Crippen molar-refractivity contribution in [2.75, 3.05) is 0 Å². The van der Waals surface area contributed by atoms with Crippen molar-refractivity contribution in [3.63, 3.8) is 0 Å². The van der Waals surface area contributed by atoms with Gasteiger partial charge in [-0.1, -0.05) is 31.7 Å². The van der Waals surface area contributed by atoms with Gasteiger partial charge in [-0.15, -0.1) is 0 Å². The molecular formula is C16H18F4O2. The maximum Gasteiger partial charge on any atom is 0.419 e. The molecule has 0 saturated heterocycles. The van der Waals surface area contributed by atoms with Gasteiger partial charge in [-0.25, -0.2) is 4.39 Å². The fraction of sp³-hybridized carbons (Fsp3) is 0.562. The Morgan fingerprint density at radius 1 is 1.27 bits per heavy atom. The summed E-state index contributed by atoms with van der Waals surface area (Å²) >= 11 is 0. The third-order valence-electron chi connectivity index (χ3n) is 4.55. The molecule has 0 aliphatic heterocycles. The van der Waals surface area contributed by atoms with Crippen LogP contribution in [-0.4, -0.2) is 11.1 Å². The summed E-state index contributed by atoms with van der Waals surface area (Å²) in [4.78, 5) is 11.7. The lowest BCUT2D eigenvalue weighted by atomic mass is 9.74. The summed E-state index contributed by atoms with van der Waals surface area (Å²) in [5, 5.41) is 9.53. The monoisotopic (exact) mass is 318 g/mol. The third kappa shape index (κ3) is 3.25. The van der Waals surface area contributed by atoms with Crippen LogP contribution in [0.25, 0.3) is 0 Å². The summed E-state index contributed by atoms with van der Waals surface area (Å²) in [6, 6.07) is 2.49. The Labute approximate surface area is 126 Å². The normalized spacial score (nSPS) is 19.1. The summed E-state index contributed by atoms with van der Waals surface area (Å²) in [6.07, 6.45) is -0.778. The smallest absolute Gasteiger partial charge is 0.419 e. The van der Waals surface area contributed by atoms with Crippen molar-refractivity contribution in [3.05, 3.63) is 35.1 Å². The van der Waals surface area contributed by atoms with Gasteiger partial charge in [-0.05, 0) is 37.0 Å². The summed E-state index contributed by atoms with van der Waals surface area (Å²) in [5.41, 5.74) is -2.85. The van der Waals surface area contributed by atoms with E-state index in [9.17, 15) is 27.5 Å². The lowest BCUT2D eigenvalue weighted by Gasteiger charge is -2.29. The van der Waals surface area contributed by atoms with E-state index in [4.69, 9.17) is 0 Å². The first-order valence-corrected chi connectivity index (χ1v) is 7.25. The third-order valence-corrected chi connectivity index (χ3v) is 4.55. The zero-order valence-electron chi connectivity index (χ0n) is 12.2. The van der Waals surface area contributed by atoms with Crippen LogP contribution in [0.2, 0.25) is 0 Å². The van der Waals surface area contributed by atoms with E-state index < -0.39 is 28.9 Å². The van der Waals surface area contributed by atoms with Crippen LogP contribution >= 0.6 is 0 Å². The number of carbonyl (C=O) groups is 1. The standard InChI is InChI=1S/C16H18F4O2/c1-15(14(21)22,9-10-4-2-3-5-10)11-6-7-13(17)12(8-11)16(18,19)20/h6-8,10H,2-5,9H2,1H3,(H,21,22). The first-order chi connectivity index (χ1) is 10.1. The van der Waals surface area contributed by atoms with Crippen LogP contribution in [0.3, 0.4) is 0 Å². The van der Waals surface area contributed by atoms with Crippen molar-refractivity contribution in [3.8, 4) is 0 Å². The Bertz CT molecular complexity index is 562. The quantitative estimate of drug-likeness (QED) is 0.812. The Morgan fingerprint density at radius 2 is 1.86 bits per heavy atom. The molecule has 1 fully saturated rings. The van der Waals surface area contributed by atoms with Crippen molar-refractivity contribution in [1.29, 1.82) is 0 Å². The second-order valence-electron chi connectivity index (χ2n) is 6.18. The summed E-state index contributed by atoms with van der Waals surface area (Å²) in [5.74, 6) is -2.38. The number of alkyl halides is 3. The Morgan fingerprint density at radius 3 is 2.36 bits per heavy atom. The number of carboxylic acids is 1. The van der Waals surface area contributed by atoms with Gasteiger partial charge in [-0.3, -0.25) is 4.79 Å². The van der Waals surface area contributed by atoms with Crippen molar-refractivity contribution in [1.82, 2.24) is 0 Å². The largest absolute Gasteiger partial charge is 0.481 e. The Balaban J connectivity index is 2.42. The molecule has 0 amide bonds. The second kappa shape index (κ2) is 5.89. The summed E-state index contributed by atoms with van der Waals surface area (Å²) in [6.45, 7) is 1.42. The van der Waals surface area contributed by atoms with Crippen molar-refractivity contribution < 1.29 is 27.5 Å². The molecule has 0 heterocycles. The van der Waals surface area contributed by atoms with Crippen molar-refractivity contribution in [2.24, 2.45) is 5.92 Å². The number of aliphatic carboxylic acids is 1. The van der Waals surface area contributed by atoms with E-state index in [1.165, 1.54) is 6.92 Å². The SMILES string of the molecule is CC(CC1CCCC1)(C(=O)O)c1ccc(F)c(C(F)(F)F)c1. The molecule has 6 heteroatoms. The molecule has 2 rings (SSSR count). The predicted molar refractivity (Wildman–Crippen MR) is 73.0 cm³/mol. The molecule has 1 atom stereocenters. The zero-order valence-corrected chi connectivity index (χ0v) is 12.2. The minimum Gasteiger partial charge on any atom is -0.481 e. The highest BCUT2D eigenvalue weighted by Crippen LogP contribution is 2.40. The molecule has 1 aliphatic rings. The lowest BCUT2D eigenvalue weighted by molar-refractivity contribution is -0.145. The molecule has 0 radical (unpaired) electrons. The number of hydrogen-bond donors (Lipinski definition) is 1. The van der Waals surface area contributed by atoms with E-state index in [2.05, 4.69) is 0 Å². The minimum absolute atomic E-state index is 0.000579. The molecule has 2 nitrogen and oxygen atoms in total. The van der Waals surface area contributed by atoms with Gasteiger partial charge in [0, 0.05) is 0 Å². The highest BCUT2D eigenvalue weighted by atomic mass is 19.4. The van der Waals surface area contributed by atoms with E-state index in [0.29, 0.717) is 12.1 Å². The maximum atomic E-state index is 13.4. The van der Waals surface area contributed by atoms with Crippen LogP contribution in [0.5, 0.6) is 0 Å². The number of hydrogen-bond acceptors (Lipinski definition) is 1. The van der Waals surface area contributed by atoms with Crippen LogP contribution in [0.1, 0.15) is 50.2 Å². The summed E-state index contributed by atoms with van der Waals surface area (Å²) in [7, 11) is 0. The second-order valence-corrected chi connectivity index (χ2v) is 6.18. The van der Waals surface area contributed by atoms with Gasteiger partial charge in [-0.2, -0.15) is 13.2 Å². The van der Waals surface area contributed by atoms with Crippen LogP contribution in [-0.2, 0) is 16.4 Å². The topological polar surface area (TPSA) is 37.3 Å². The number of halogens is 4. The highest BCUT2D eigenvalue weighted by molar-refractivity contribution is 5.81. The average molecular weight is 318 g/mol. The van der Waals surface area contributed by atoms with Crippen LogP contribution in [0.15, 0.2) is 18.2 Å². The molecule has 1 saturated carbocycles. The van der Waals surface area contributed by atoms with E-state index in [-0.39, 0.29) is 17.9 Å². The van der Waals surface area contributed by atoms with Gasteiger partial charge in [0.2, 0.25) is 0 Å². The molecule has 122 valence electrons. The van der Waals surface area contributed by atoms with Gasteiger partial charge in [0.05, 0.1) is 11.0 Å². The highest BCUT2D eigenvalue weighted by Gasteiger charge is 2.41. The molecule has 1 aromatic carbocycles. The molecule has 22 heavy (non-hydrogen) atoms. The fourth-order valence-electron chi connectivity index (χ4n) is 3.21. The van der Waals surface area contributed by atoms with Gasteiger partial charge in [0.1, 0.15) is 5.82 Å². The molecule has 0 spiro atoms. The molecule has 0 aromatic heterocycles. The first-order valence-electron chi connectivity index (χ1n) is 7.25. The number of carboxylic acid groups (broad SMARTS) is 1. The van der Waals surface area contributed by atoms with Crippen molar-refractivity contribution >= 4 is 5.97 Å². The van der Waals surface area contributed by atoms with Gasteiger partial charge < -0.3 is 5.11 Å². The minimum atomic E-state index is -4.84. The van der Waals surface area contributed by atoms with Crippen LogP contribution < -0.4 is 0 Å². The maximum absolute atomic E-state index is 13.4. The number of rotatable bonds is 4. The fourth-order valence-corrected chi connectivity index (χ4v) is 3.21. The molecule has 1 unspecified atom stereocenters. The van der Waals surface area contributed by atoms with E-state index in [1.54, 1.807) is 0 Å². The molecule has 1 aliphatic carbocycles. The lowest BCUT2D eigenvalue weighted by Crippen LogP contribution is -2.34. The predicted octanol–water partition coefficient (Wildman–Crippen LogP) is 4.77. The zero-order chi connectivity index (χ0) is 16.5. The van der Waals surface area contributed by atoms with Crippen molar-refractivity contribution in [2.45, 2.75) is 50.6 Å². The molecule has 0 bridgehead atoms.